The molecule has 1 atom stereocenters. The van der Waals surface area contributed by atoms with E-state index >= 15 is 0 Å². The fourth-order valence-electron chi connectivity index (χ4n) is 3.29. The molecule has 5 nitrogen and oxygen atoms in total. The number of anilines is 1. The summed E-state index contributed by atoms with van der Waals surface area (Å²) in [4.78, 5) is 22.0. The SMILES string of the molecule is O=c1cc(N(CC2CCCCN2)C2CC2)nc(C2CC2)[nH]1. The molecule has 3 fully saturated rings. The summed E-state index contributed by atoms with van der Waals surface area (Å²) in [6, 6.07) is 2.83. The molecule has 0 spiro atoms. The lowest BCUT2D eigenvalue weighted by Gasteiger charge is -2.31. The first kappa shape index (κ1) is 13.3. The Bertz CT molecular complexity index is 556. The van der Waals surface area contributed by atoms with Crippen LogP contribution in [0.1, 0.15) is 56.7 Å². The Morgan fingerprint density at radius 1 is 1.19 bits per heavy atom. The van der Waals surface area contributed by atoms with Crippen molar-refractivity contribution in [3.8, 4) is 0 Å². The first-order valence-corrected chi connectivity index (χ1v) is 8.41. The molecule has 4 rings (SSSR count). The number of rotatable bonds is 5. The molecular formula is C16H24N4O. The fraction of sp³-hybridized carbons (Fsp3) is 0.750. The van der Waals surface area contributed by atoms with E-state index in [1.165, 1.54) is 44.9 Å². The molecule has 2 N–H and O–H groups in total. The smallest absolute Gasteiger partial charge is 0.252 e. The molecule has 1 aliphatic heterocycles. The summed E-state index contributed by atoms with van der Waals surface area (Å²) in [5.41, 5.74) is 0.00385. The molecule has 1 unspecified atom stereocenters. The van der Waals surface area contributed by atoms with Crippen LogP contribution in [0.2, 0.25) is 0 Å². The maximum Gasteiger partial charge on any atom is 0.252 e. The standard InChI is InChI=1S/C16H24N4O/c21-15-9-14(18-16(19-15)11-4-5-11)20(13-6-7-13)10-12-3-1-2-8-17-12/h9,11-13,17H,1-8,10H2,(H,18,19,21). The van der Waals surface area contributed by atoms with E-state index < -0.39 is 0 Å². The zero-order valence-corrected chi connectivity index (χ0v) is 12.5. The maximum atomic E-state index is 11.9. The second-order valence-electron chi connectivity index (χ2n) is 6.79. The summed E-state index contributed by atoms with van der Waals surface area (Å²) in [7, 11) is 0. The van der Waals surface area contributed by atoms with Crippen molar-refractivity contribution in [2.45, 2.75) is 62.9 Å². The molecule has 1 aromatic heterocycles. The van der Waals surface area contributed by atoms with Crippen LogP contribution in [0.5, 0.6) is 0 Å². The second kappa shape index (κ2) is 5.44. The predicted octanol–water partition coefficient (Wildman–Crippen LogP) is 1.76. The van der Waals surface area contributed by atoms with Gasteiger partial charge in [0.2, 0.25) is 0 Å². The number of hydrogen-bond acceptors (Lipinski definition) is 4. The average Bonchev–Trinajstić information content (AvgIpc) is 3.39. The van der Waals surface area contributed by atoms with Crippen molar-refractivity contribution in [2.24, 2.45) is 0 Å². The summed E-state index contributed by atoms with van der Waals surface area (Å²) < 4.78 is 0. The summed E-state index contributed by atoms with van der Waals surface area (Å²) >= 11 is 0. The minimum absolute atomic E-state index is 0.00385. The topological polar surface area (TPSA) is 61.0 Å². The van der Waals surface area contributed by atoms with E-state index in [4.69, 9.17) is 4.98 Å². The van der Waals surface area contributed by atoms with Crippen LogP contribution in [0, 0.1) is 0 Å². The van der Waals surface area contributed by atoms with Crippen LogP contribution in [-0.4, -0.2) is 35.1 Å². The molecule has 0 radical (unpaired) electrons. The van der Waals surface area contributed by atoms with Crippen LogP contribution in [-0.2, 0) is 0 Å². The van der Waals surface area contributed by atoms with Gasteiger partial charge in [0.15, 0.2) is 0 Å². The van der Waals surface area contributed by atoms with E-state index in [2.05, 4.69) is 15.2 Å². The van der Waals surface area contributed by atoms with Crippen molar-refractivity contribution in [1.82, 2.24) is 15.3 Å². The largest absolute Gasteiger partial charge is 0.352 e. The first-order chi connectivity index (χ1) is 10.3. The highest BCUT2D eigenvalue weighted by molar-refractivity contribution is 5.41. The molecule has 114 valence electrons. The molecular weight excluding hydrogens is 264 g/mol. The monoisotopic (exact) mass is 288 g/mol. The molecule has 21 heavy (non-hydrogen) atoms. The van der Waals surface area contributed by atoms with Gasteiger partial charge in [0.25, 0.3) is 5.56 Å². The van der Waals surface area contributed by atoms with Crippen molar-refractivity contribution in [3.63, 3.8) is 0 Å². The third-order valence-electron chi connectivity index (χ3n) is 4.82. The zero-order valence-electron chi connectivity index (χ0n) is 12.5. The van der Waals surface area contributed by atoms with Crippen molar-refractivity contribution in [2.75, 3.05) is 18.0 Å². The Morgan fingerprint density at radius 2 is 2.05 bits per heavy atom. The predicted molar refractivity (Wildman–Crippen MR) is 82.8 cm³/mol. The molecule has 0 bridgehead atoms. The van der Waals surface area contributed by atoms with Gasteiger partial charge in [-0.05, 0) is 45.1 Å². The molecule has 1 saturated heterocycles. The average molecular weight is 288 g/mol. The lowest BCUT2D eigenvalue weighted by Crippen LogP contribution is -2.45. The van der Waals surface area contributed by atoms with Crippen molar-refractivity contribution >= 4 is 5.82 Å². The van der Waals surface area contributed by atoms with Crippen LogP contribution in [0.4, 0.5) is 5.82 Å². The normalized spacial score (nSPS) is 25.8. The summed E-state index contributed by atoms with van der Waals surface area (Å²) in [5.74, 6) is 2.29. The van der Waals surface area contributed by atoms with Gasteiger partial charge in [-0.25, -0.2) is 4.98 Å². The minimum atomic E-state index is 0.00385. The van der Waals surface area contributed by atoms with Crippen LogP contribution >= 0.6 is 0 Å². The van der Waals surface area contributed by atoms with E-state index in [0.29, 0.717) is 18.0 Å². The number of aromatic amines is 1. The Hall–Kier alpha value is -1.36. The van der Waals surface area contributed by atoms with Gasteiger partial charge in [-0.1, -0.05) is 6.42 Å². The number of piperidine rings is 1. The summed E-state index contributed by atoms with van der Waals surface area (Å²) in [5, 5.41) is 3.61. The van der Waals surface area contributed by atoms with Gasteiger partial charge in [0.1, 0.15) is 11.6 Å². The minimum Gasteiger partial charge on any atom is -0.352 e. The van der Waals surface area contributed by atoms with Gasteiger partial charge in [-0.3, -0.25) is 4.79 Å². The number of H-pyrrole nitrogens is 1. The number of nitrogens with zero attached hydrogens (tertiary/aromatic N) is 2. The van der Waals surface area contributed by atoms with E-state index in [0.717, 1.165) is 24.7 Å². The van der Waals surface area contributed by atoms with E-state index in [1.54, 1.807) is 6.07 Å². The van der Waals surface area contributed by atoms with E-state index in [9.17, 15) is 4.79 Å². The van der Waals surface area contributed by atoms with Crippen molar-refractivity contribution in [1.29, 1.82) is 0 Å². The molecule has 3 aliphatic rings. The summed E-state index contributed by atoms with van der Waals surface area (Å²) in [6.07, 6.45) is 8.64. The third kappa shape index (κ3) is 3.12. The third-order valence-corrected chi connectivity index (χ3v) is 4.82. The highest BCUT2D eigenvalue weighted by Crippen LogP contribution is 2.38. The molecule has 2 saturated carbocycles. The van der Waals surface area contributed by atoms with Gasteiger partial charge in [-0.2, -0.15) is 0 Å². The Morgan fingerprint density at radius 3 is 2.71 bits per heavy atom. The van der Waals surface area contributed by atoms with E-state index in [-0.39, 0.29) is 5.56 Å². The van der Waals surface area contributed by atoms with Crippen LogP contribution < -0.4 is 15.8 Å². The zero-order chi connectivity index (χ0) is 14.2. The van der Waals surface area contributed by atoms with Crippen LogP contribution in [0.15, 0.2) is 10.9 Å². The summed E-state index contributed by atoms with van der Waals surface area (Å²) in [6.45, 7) is 2.12. The lowest BCUT2D eigenvalue weighted by atomic mass is 10.0. The molecule has 0 amide bonds. The van der Waals surface area contributed by atoms with Gasteiger partial charge in [-0.15, -0.1) is 0 Å². The van der Waals surface area contributed by atoms with Crippen molar-refractivity contribution in [3.05, 3.63) is 22.2 Å². The second-order valence-corrected chi connectivity index (χ2v) is 6.79. The highest BCUT2D eigenvalue weighted by Gasteiger charge is 2.33. The van der Waals surface area contributed by atoms with Gasteiger partial charge in [0.05, 0.1) is 0 Å². The van der Waals surface area contributed by atoms with Crippen LogP contribution in [0.3, 0.4) is 0 Å². The number of aromatic nitrogens is 2. The Kier molecular flexibility index (Phi) is 3.45. The number of nitrogens with one attached hydrogen (secondary N) is 2. The van der Waals surface area contributed by atoms with Crippen molar-refractivity contribution < 1.29 is 0 Å². The van der Waals surface area contributed by atoms with Gasteiger partial charge in [0, 0.05) is 30.6 Å². The van der Waals surface area contributed by atoms with Gasteiger partial charge < -0.3 is 15.2 Å². The maximum absolute atomic E-state index is 11.9. The van der Waals surface area contributed by atoms with E-state index in [1.807, 2.05) is 0 Å². The Labute approximate surface area is 125 Å². The quantitative estimate of drug-likeness (QED) is 0.866. The van der Waals surface area contributed by atoms with Gasteiger partial charge >= 0.3 is 0 Å². The number of hydrogen-bond donors (Lipinski definition) is 2. The molecule has 0 aromatic carbocycles. The highest BCUT2D eigenvalue weighted by atomic mass is 16.1. The first-order valence-electron chi connectivity index (χ1n) is 8.41. The van der Waals surface area contributed by atoms with Crippen LogP contribution in [0.25, 0.3) is 0 Å². The molecule has 1 aromatic rings. The molecule has 5 heteroatoms. The Balaban J connectivity index is 1.56. The molecule has 2 aliphatic carbocycles. The lowest BCUT2D eigenvalue weighted by molar-refractivity contribution is 0.397. The fourth-order valence-corrected chi connectivity index (χ4v) is 3.29. The molecule has 2 heterocycles.